The predicted molar refractivity (Wildman–Crippen MR) is 58.3 cm³/mol. The first-order valence-electron chi connectivity index (χ1n) is 5.06. The first-order valence-corrected chi connectivity index (χ1v) is 8.15. The van der Waals surface area contributed by atoms with E-state index in [4.69, 9.17) is 5.73 Å². The monoisotopic (exact) mass is 399 g/mol. The van der Waals surface area contributed by atoms with Crippen molar-refractivity contribution in [2.24, 2.45) is 5.73 Å². The van der Waals surface area contributed by atoms with Crippen molar-refractivity contribution < 1.29 is 152 Å². The van der Waals surface area contributed by atoms with Crippen molar-refractivity contribution in [2.75, 3.05) is 0 Å². The van der Waals surface area contributed by atoms with Gasteiger partial charge in [0, 0.05) is 6.04 Å². The van der Waals surface area contributed by atoms with Gasteiger partial charge in [-0.2, -0.15) is 0 Å². The van der Waals surface area contributed by atoms with Gasteiger partial charge in [-0.05, 0) is 27.2 Å². The summed E-state index contributed by atoms with van der Waals surface area (Å²) in [6.45, 7) is 0. The van der Waals surface area contributed by atoms with Crippen LogP contribution < -0.4 is 144 Å². The summed E-state index contributed by atoms with van der Waals surface area (Å²) in [5, 5.41) is 5.47. The predicted octanol–water partition coefficient (Wildman–Crippen LogP) is -15.0. The average molecular weight is 399 g/mol. The van der Waals surface area contributed by atoms with Gasteiger partial charge in [-0.3, -0.25) is 0 Å². The van der Waals surface area contributed by atoms with E-state index in [1.54, 1.807) is 18.2 Å². The summed E-state index contributed by atoms with van der Waals surface area (Å²) in [7, 11) is -12.3. The molecule has 0 aliphatic heterocycles. The SMILES string of the molecule is N[C@@H](Cc1ccccc1)C(O)(P(=O)([O-])[O-])P(=O)([O-])[O-].[Na+].[Na+].[Na+].[Na+]. The Bertz CT molecular complexity index is 516. The van der Waals surface area contributed by atoms with Crippen LogP contribution in [0.1, 0.15) is 5.56 Å². The van der Waals surface area contributed by atoms with Gasteiger partial charge in [0.1, 0.15) is 5.08 Å². The van der Waals surface area contributed by atoms with Crippen LogP contribution in [-0.4, -0.2) is 16.2 Å². The second-order valence-corrected chi connectivity index (χ2v) is 7.68. The van der Waals surface area contributed by atoms with E-state index in [-0.39, 0.29) is 118 Å². The van der Waals surface area contributed by atoms with Gasteiger partial charge in [-0.15, -0.1) is 0 Å². The van der Waals surface area contributed by atoms with Gasteiger partial charge < -0.3 is 39.5 Å². The third kappa shape index (κ3) is 8.99. The van der Waals surface area contributed by atoms with Crippen LogP contribution in [0.5, 0.6) is 0 Å². The molecule has 1 atom stereocenters. The van der Waals surface area contributed by atoms with Crippen molar-refractivity contribution in [1.82, 2.24) is 0 Å². The smallest absolute Gasteiger partial charge is 0.808 e. The first kappa shape index (κ1) is 34.0. The fourth-order valence-corrected chi connectivity index (χ4v) is 3.76. The maximum Gasteiger partial charge on any atom is 1.00 e. The molecular formula is C9H11NNa4O7P2. The molecule has 0 spiro atoms. The number of hydrogen-bond donors (Lipinski definition) is 2. The Balaban J connectivity index is -0.000000451. The quantitative estimate of drug-likeness (QED) is 0.363. The van der Waals surface area contributed by atoms with Gasteiger partial charge in [-0.25, -0.2) is 0 Å². The summed E-state index contributed by atoms with van der Waals surface area (Å²) >= 11 is 0. The molecule has 0 amide bonds. The van der Waals surface area contributed by atoms with Gasteiger partial charge in [0.2, 0.25) is 0 Å². The van der Waals surface area contributed by atoms with Crippen LogP contribution in [0.15, 0.2) is 30.3 Å². The van der Waals surface area contributed by atoms with Crippen LogP contribution in [0.4, 0.5) is 0 Å². The van der Waals surface area contributed by atoms with Gasteiger partial charge in [0.15, 0.2) is 0 Å². The van der Waals surface area contributed by atoms with Crippen molar-refractivity contribution in [1.29, 1.82) is 0 Å². The van der Waals surface area contributed by atoms with Crippen LogP contribution in [0.25, 0.3) is 0 Å². The van der Waals surface area contributed by atoms with Crippen LogP contribution in [0.3, 0.4) is 0 Å². The third-order valence-electron chi connectivity index (χ3n) is 2.60. The second-order valence-electron chi connectivity index (χ2n) is 3.98. The number of hydrogen-bond acceptors (Lipinski definition) is 8. The minimum absolute atomic E-state index is 0. The molecule has 1 aromatic carbocycles. The van der Waals surface area contributed by atoms with Gasteiger partial charge in [0.05, 0.1) is 0 Å². The zero-order valence-corrected chi connectivity index (χ0v) is 23.3. The number of nitrogens with two attached hydrogens (primary N) is 1. The number of benzene rings is 1. The Kier molecular flexibility index (Phi) is 20.1. The fourth-order valence-electron chi connectivity index (χ4n) is 1.56. The van der Waals surface area contributed by atoms with Crippen molar-refractivity contribution in [3.63, 3.8) is 0 Å². The minimum Gasteiger partial charge on any atom is -0.808 e. The third-order valence-corrected chi connectivity index (χ3v) is 6.35. The van der Waals surface area contributed by atoms with Crippen molar-refractivity contribution in [3.05, 3.63) is 35.9 Å². The van der Waals surface area contributed by atoms with E-state index in [1.807, 2.05) is 0 Å². The van der Waals surface area contributed by atoms with E-state index < -0.39 is 32.7 Å². The molecule has 0 bridgehead atoms. The molecule has 3 N–H and O–H groups in total. The van der Waals surface area contributed by atoms with Crippen molar-refractivity contribution >= 4 is 15.2 Å². The molecule has 14 heteroatoms. The van der Waals surface area contributed by atoms with Gasteiger partial charge >= 0.3 is 118 Å². The van der Waals surface area contributed by atoms with Crippen LogP contribution in [0, 0.1) is 0 Å². The van der Waals surface area contributed by atoms with Gasteiger partial charge in [0.25, 0.3) is 0 Å². The molecule has 0 aliphatic carbocycles. The molecule has 0 heterocycles. The van der Waals surface area contributed by atoms with Gasteiger partial charge in [-0.1, -0.05) is 30.3 Å². The molecule has 0 saturated carbocycles. The molecule has 108 valence electrons. The Labute approximate surface area is 222 Å². The summed E-state index contributed by atoms with van der Waals surface area (Å²) in [4.78, 5) is 43.6. The summed E-state index contributed by atoms with van der Waals surface area (Å²) < 4.78 is 21.8. The molecule has 0 fully saturated rings. The number of aliphatic hydroxyl groups is 1. The van der Waals surface area contributed by atoms with E-state index in [0.29, 0.717) is 5.56 Å². The van der Waals surface area contributed by atoms with E-state index in [0.717, 1.165) is 0 Å². The number of rotatable bonds is 5. The Morgan fingerprint density at radius 2 is 1.30 bits per heavy atom. The summed E-state index contributed by atoms with van der Waals surface area (Å²) in [5.74, 6) is 0. The summed E-state index contributed by atoms with van der Waals surface area (Å²) in [6.07, 6.45) is -0.458. The topological polar surface area (TPSA) is 173 Å². The summed E-state index contributed by atoms with van der Waals surface area (Å²) in [5.41, 5.74) is 5.63. The van der Waals surface area contributed by atoms with Crippen LogP contribution in [-0.2, 0) is 15.6 Å². The minimum atomic E-state index is -6.16. The Morgan fingerprint density at radius 1 is 0.957 bits per heavy atom. The van der Waals surface area contributed by atoms with E-state index in [1.165, 1.54) is 12.1 Å². The van der Waals surface area contributed by atoms with E-state index in [9.17, 15) is 33.8 Å². The molecule has 0 aliphatic rings. The maximum absolute atomic E-state index is 10.9. The Morgan fingerprint density at radius 3 is 1.61 bits per heavy atom. The molecular weight excluding hydrogens is 388 g/mol. The van der Waals surface area contributed by atoms with Crippen LogP contribution >= 0.6 is 15.2 Å². The zero-order valence-electron chi connectivity index (χ0n) is 13.5. The fraction of sp³-hybridized carbons (Fsp3) is 0.333. The van der Waals surface area contributed by atoms with Crippen LogP contribution in [0.2, 0.25) is 0 Å². The molecule has 0 unspecified atom stereocenters. The Hall–Kier alpha value is 3.44. The average Bonchev–Trinajstić information content (AvgIpc) is 2.26. The van der Waals surface area contributed by atoms with E-state index >= 15 is 0 Å². The molecule has 0 saturated heterocycles. The molecule has 0 aromatic heterocycles. The largest absolute Gasteiger partial charge is 1.00 e. The normalized spacial score (nSPS) is 12.6. The standard InChI is InChI=1S/C9H15NO7P2.4Na/c10-8(6-7-4-2-1-3-5-7)9(11,18(12,13)14)19(15,16)17;;;;/h1-5,8,11H,6,10H2,(H2,12,13,14)(H2,15,16,17);;;;/q;4*+1/p-4/t8-;;;;/m0..../s1. The molecule has 1 aromatic rings. The van der Waals surface area contributed by atoms with Crippen molar-refractivity contribution in [3.8, 4) is 0 Å². The molecule has 1 rings (SSSR count). The first-order chi connectivity index (χ1) is 8.50. The second kappa shape index (κ2) is 13.6. The molecule has 0 radical (unpaired) electrons. The zero-order chi connectivity index (χ0) is 14.9. The van der Waals surface area contributed by atoms with E-state index in [2.05, 4.69) is 0 Å². The molecule has 23 heavy (non-hydrogen) atoms. The summed E-state index contributed by atoms with van der Waals surface area (Å²) in [6, 6.07) is 5.63. The van der Waals surface area contributed by atoms with Crippen molar-refractivity contribution in [2.45, 2.75) is 17.5 Å². The molecule has 8 nitrogen and oxygen atoms in total. The maximum atomic E-state index is 10.9.